The summed E-state index contributed by atoms with van der Waals surface area (Å²) < 4.78 is 5.33. The fraction of sp³-hybridized carbons (Fsp3) is 0.250. The predicted octanol–water partition coefficient (Wildman–Crippen LogP) is 2.89. The van der Waals surface area contributed by atoms with Crippen molar-refractivity contribution in [2.45, 2.75) is 25.3 Å². The van der Waals surface area contributed by atoms with E-state index in [4.69, 9.17) is 4.42 Å². The number of ketones is 1. The number of hydrogen-bond acceptors (Lipinski definition) is 3. The van der Waals surface area contributed by atoms with Crippen LogP contribution in [0.1, 0.15) is 40.4 Å². The van der Waals surface area contributed by atoms with Crippen LogP contribution in [-0.2, 0) is 11.3 Å². The largest absolute Gasteiger partial charge is 0.467 e. The molecule has 1 aromatic carbocycles. The molecule has 4 nitrogen and oxygen atoms in total. The van der Waals surface area contributed by atoms with Gasteiger partial charge < -0.3 is 9.32 Å². The van der Waals surface area contributed by atoms with Crippen molar-refractivity contribution in [2.75, 3.05) is 4.90 Å². The quantitative estimate of drug-likeness (QED) is 0.840. The summed E-state index contributed by atoms with van der Waals surface area (Å²) in [5, 5.41) is 0. The second-order valence-corrected chi connectivity index (χ2v) is 5.33. The van der Waals surface area contributed by atoms with Gasteiger partial charge in [0.25, 0.3) is 0 Å². The first-order chi connectivity index (χ1) is 9.74. The standard InChI is InChI=1S/C16H13NO3/c18-14-7-10-8-15(19)17(9-11-3-2-6-20-11)13-5-1-4-12(14)16(10)13/h1-6,10H,7-9H2. The lowest BCUT2D eigenvalue weighted by atomic mass is 9.91. The van der Waals surface area contributed by atoms with Gasteiger partial charge in [0.1, 0.15) is 5.76 Å². The first kappa shape index (κ1) is 11.5. The molecule has 2 aliphatic rings. The van der Waals surface area contributed by atoms with E-state index in [1.165, 1.54) is 0 Å². The van der Waals surface area contributed by atoms with Crippen LogP contribution in [0.3, 0.4) is 0 Å². The summed E-state index contributed by atoms with van der Waals surface area (Å²) in [4.78, 5) is 26.1. The van der Waals surface area contributed by atoms with E-state index in [1.54, 1.807) is 11.2 Å². The Kier molecular flexibility index (Phi) is 2.33. The smallest absolute Gasteiger partial charge is 0.228 e. The molecule has 100 valence electrons. The number of anilines is 1. The Labute approximate surface area is 116 Å². The minimum absolute atomic E-state index is 0.0609. The van der Waals surface area contributed by atoms with Crippen LogP contribution in [0.4, 0.5) is 5.69 Å². The van der Waals surface area contributed by atoms with Gasteiger partial charge in [0.15, 0.2) is 5.78 Å². The summed E-state index contributed by atoms with van der Waals surface area (Å²) in [7, 11) is 0. The van der Waals surface area contributed by atoms with Crippen molar-refractivity contribution in [2.24, 2.45) is 0 Å². The molecule has 0 bridgehead atoms. The molecule has 20 heavy (non-hydrogen) atoms. The van der Waals surface area contributed by atoms with Crippen molar-refractivity contribution in [1.29, 1.82) is 0 Å². The highest BCUT2D eigenvalue weighted by atomic mass is 16.3. The van der Waals surface area contributed by atoms with E-state index in [1.807, 2.05) is 30.3 Å². The third kappa shape index (κ3) is 1.54. The first-order valence-corrected chi connectivity index (χ1v) is 6.73. The van der Waals surface area contributed by atoms with Gasteiger partial charge in [-0.2, -0.15) is 0 Å². The van der Waals surface area contributed by atoms with Gasteiger partial charge in [-0.25, -0.2) is 0 Å². The van der Waals surface area contributed by atoms with E-state index in [2.05, 4.69) is 0 Å². The molecule has 0 fully saturated rings. The molecular formula is C16H13NO3. The molecule has 1 aromatic heterocycles. The molecule has 0 saturated heterocycles. The molecule has 0 spiro atoms. The average Bonchev–Trinajstić information content (AvgIpc) is 3.04. The lowest BCUT2D eigenvalue weighted by molar-refractivity contribution is -0.119. The molecule has 0 N–H and O–H groups in total. The Morgan fingerprint density at radius 3 is 2.85 bits per heavy atom. The van der Waals surface area contributed by atoms with Crippen LogP contribution >= 0.6 is 0 Å². The molecule has 1 aliphatic carbocycles. The Morgan fingerprint density at radius 1 is 1.15 bits per heavy atom. The number of carbonyl (C=O) groups is 2. The van der Waals surface area contributed by atoms with E-state index in [0.29, 0.717) is 19.4 Å². The number of Topliss-reactive ketones (excluding diaryl/α,β-unsaturated/α-hetero) is 1. The van der Waals surface area contributed by atoms with Crippen molar-refractivity contribution in [3.63, 3.8) is 0 Å². The second-order valence-electron chi connectivity index (χ2n) is 5.33. The van der Waals surface area contributed by atoms with Gasteiger partial charge in [-0.15, -0.1) is 0 Å². The predicted molar refractivity (Wildman–Crippen MR) is 72.6 cm³/mol. The lowest BCUT2D eigenvalue weighted by Gasteiger charge is -2.31. The Balaban J connectivity index is 1.81. The van der Waals surface area contributed by atoms with Gasteiger partial charge in [-0.1, -0.05) is 12.1 Å². The summed E-state index contributed by atoms with van der Waals surface area (Å²) in [5.41, 5.74) is 2.69. The maximum absolute atomic E-state index is 12.4. The molecule has 0 saturated carbocycles. The number of rotatable bonds is 2. The highest BCUT2D eigenvalue weighted by Gasteiger charge is 2.39. The van der Waals surface area contributed by atoms with Crippen molar-refractivity contribution < 1.29 is 14.0 Å². The normalized spacial score (nSPS) is 20.4. The lowest BCUT2D eigenvalue weighted by Crippen LogP contribution is -2.35. The minimum atomic E-state index is 0.0609. The second kappa shape index (κ2) is 4.07. The molecule has 1 unspecified atom stereocenters. The van der Waals surface area contributed by atoms with Crippen LogP contribution in [0.25, 0.3) is 0 Å². The average molecular weight is 267 g/mol. The summed E-state index contributed by atoms with van der Waals surface area (Å²) >= 11 is 0. The van der Waals surface area contributed by atoms with E-state index < -0.39 is 0 Å². The Hall–Kier alpha value is -2.36. The van der Waals surface area contributed by atoms with Gasteiger partial charge in [0, 0.05) is 30.0 Å². The molecule has 2 aromatic rings. The number of hydrogen-bond donors (Lipinski definition) is 0. The van der Waals surface area contributed by atoms with Gasteiger partial charge in [-0.3, -0.25) is 9.59 Å². The SMILES string of the molecule is O=C1CC2CC(=O)N(Cc3ccco3)c3cccc1c32. The molecule has 2 heterocycles. The highest BCUT2D eigenvalue weighted by molar-refractivity contribution is 6.08. The van der Waals surface area contributed by atoms with E-state index in [9.17, 15) is 9.59 Å². The fourth-order valence-corrected chi connectivity index (χ4v) is 3.26. The third-order valence-electron chi connectivity index (χ3n) is 4.13. The summed E-state index contributed by atoms with van der Waals surface area (Å²) in [6.07, 6.45) is 2.48. The number of benzene rings is 1. The van der Waals surface area contributed by atoms with Crippen molar-refractivity contribution >= 4 is 17.4 Å². The van der Waals surface area contributed by atoms with Crippen LogP contribution in [0.5, 0.6) is 0 Å². The molecule has 1 atom stereocenters. The minimum Gasteiger partial charge on any atom is -0.467 e. The Morgan fingerprint density at radius 2 is 2.05 bits per heavy atom. The van der Waals surface area contributed by atoms with Crippen LogP contribution in [0, 0.1) is 0 Å². The molecule has 1 amide bonds. The first-order valence-electron chi connectivity index (χ1n) is 6.73. The van der Waals surface area contributed by atoms with Crippen molar-refractivity contribution in [3.8, 4) is 0 Å². The molecule has 0 radical (unpaired) electrons. The zero-order valence-electron chi connectivity index (χ0n) is 10.8. The van der Waals surface area contributed by atoms with Gasteiger partial charge >= 0.3 is 0 Å². The number of carbonyl (C=O) groups excluding carboxylic acids is 2. The summed E-state index contributed by atoms with van der Waals surface area (Å²) in [5.74, 6) is 1.03. The Bertz CT molecular complexity index is 703. The zero-order chi connectivity index (χ0) is 13.7. The topological polar surface area (TPSA) is 50.5 Å². The van der Waals surface area contributed by atoms with Crippen LogP contribution in [-0.4, -0.2) is 11.7 Å². The molecule has 1 aliphatic heterocycles. The molecule has 4 heteroatoms. The number of furan rings is 1. The van der Waals surface area contributed by atoms with Gasteiger partial charge in [0.2, 0.25) is 5.91 Å². The highest BCUT2D eigenvalue weighted by Crippen LogP contribution is 2.45. The monoisotopic (exact) mass is 267 g/mol. The number of amides is 1. The maximum atomic E-state index is 12.4. The number of nitrogens with zero attached hydrogens (tertiary/aromatic N) is 1. The van der Waals surface area contributed by atoms with Gasteiger partial charge in [0.05, 0.1) is 12.8 Å². The van der Waals surface area contributed by atoms with Crippen molar-refractivity contribution in [3.05, 3.63) is 53.5 Å². The third-order valence-corrected chi connectivity index (χ3v) is 4.13. The van der Waals surface area contributed by atoms with Crippen molar-refractivity contribution in [1.82, 2.24) is 0 Å². The summed E-state index contributed by atoms with van der Waals surface area (Å²) in [6.45, 7) is 0.420. The van der Waals surface area contributed by atoms with E-state index in [-0.39, 0.29) is 17.6 Å². The molecular weight excluding hydrogens is 254 g/mol. The summed E-state index contributed by atoms with van der Waals surface area (Å²) in [6, 6.07) is 9.30. The van der Waals surface area contributed by atoms with Gasteiger partial charge in [-0.05, 0) is 23.8 Å². The van der Waals surface area contributed by atoms with E-state index >= 15 is 0 Å². The fourth-order valence-electron chi connectivity index (χ4n) is 3.26. The van der Waals surface area contributed by atoms with Crippen LogP contribution in [0.2, 0.25) is 0 Å². The molecule has 4 rings (SSSR count). The zero-order valence-corrected chi connectivity index (χ0v) is 10.8. The maximum Gasteiger partial charge on any atom is 0.228 e. The van der Waals surface area contributed by atoms with Crippen LogP contribution in [0.15, 0.2) is 41.0 Å². The van der Waals surface area contributed by atoms with E-state index in [0.717, 1.165) is 22.6 Å². The van der Waals surface area contributed by atoms with Crippen LogP contribution < -0.4 is 4.90 Å².